The SMILES string of the molecule is C/C=C/C=C/CC(=O)OC(CC(=O)O)C[N+](C)(C)C. The van der Waals surface area contributed by atoms with Crippen LogP contribution in [0.25, 0.3) is 0 Å². The van der Waals surface area contributed by atoms with Gasteiger partial charge in [-0.3, -0.25) is 9.59 Å². The molecule has 0 aliphatic heterocycles. The van der Waals surface area contributed by atoms with Crippen molar-refractivity contribution in [2.45, 2.75) is 25.9 Å². The third-order valence-electron chi connectivity index (χ3n) is 2.18. The van der Waals surface area contributed by atoms with Gasteiger partial charge in [0.2, 0.25) is 0 Å². The Bertz CT molecular complexity index is 353. The Labute approximate surface area is 114 Å². The van der Waals surface area contributed by atoms with Gasteiger partial charge in [0.15, 0.2) is 6.10 Å². The molecule has 0 amide bonds. The van der Waals surface area contributed by atoms with Crippen LogP contribution in [0.3, 0.4) is 0 Å². The lowest BCUT2D eigenvalue weighted by Crippen LogP contribution is -2.43. The Morgan fingerprint density at radius 3 is 2.37 bits per heavy atom. The van der Waals surface area contributed by atoms with Gasteiger partial charge < -0.3 is 14.3 Å². The van der Waals surface area contributed by atoms with Gasteiger partial charge in [0.05, 0.1) is 34.0 Å². The minimum Gasteiger partial charge on any atom is -0.481 e. The molecule has 1 atom stereocenters. The van der Waals surface area contributed by atoms with Gasteiger partial charge in [0.25, 0.3) is 0 Å². The lowest BCUT2D eigenvalue weighted by atomic mass is 10.2. The van der Waals surface area contributed by atoms with E-state index in [1.807, 2.05) is 40.2 Å². The summed E-state index contributed by atoms with van der Waals surface area (Å²) in [7, 11) is 5.78. The zero-order valence-corrected chi connectivity index (χ0v) is 12.1. The van der Waals surface area contributed by atoms with Crippen LogP contribution in [0.2, 0.25) is 0 Å². The van der Waals surface area contributed by atoms with Gasteiger partial charge >= 0.3 is 11.9 Å². The number of carboxylic acid groups (broad SMARTS) is 1. The molecule has 0 bridgehead atoms. The fraction of sp³-hybridized carbons (Fsp3) is 0.571. The maximum absolute atomic E-state index is 11.6. The fourth-order valence-electron chi connectivity index (χ4n) is 1.54. The van der Waals surface area contributed by atoms with Crippen LogP contribution < -0.4 is 0 Å². The van der Waals surface area contributed by atoms with Crippen molar-refractivity contribution in [3.05, 3.63) is 24.3 Å². The van der Waals surface area contributed by atoms with Crippen molar-refractivity contribution in [3.63, 3.8) is 0 Å². The van der Waals surface area contributed by atoms with Crippen LogP contribution in [0.15, 0.2) is 24.3 Å². The largest absolute Gasteiger partial charge is 0.481 e. The lowest BCUT2D eigenvalue weighted by Gasteiger charge is -2.28. The summed E-state index contributed by atoms with van der Waals surface area (Å²) < 4.78 is 5.75. The molecule has 0 rings (SSSR count). The van der Waals surface area contributed by atoms with Crippen molar-refractivity contribution in [1.29, 1.82) is 0 Å². The Morgan fingerprint density at radius 1 is 1.26 bits per heavy atom. The van der Waals surface area contributed by atoms with Gasteiger partial charge in [-0.15, -0.1) is 0 Å². The summed E-state index contributed by atoms with van der Waals surface area (Å²) in [5.41, 5.74) is 0. The van der Waals surface area contributed by atoms with Crippen LogP contribution in [0, 0.1) is 0 Å². The Hall–Kier alpha value is -1.62. The van der Waals surface area contributed by atoms with E-state index in [0.717, 1.165) is 0 Å². The number of hydrogen-bond acceptors (Lipinski definition) is 3. The van der Waals surface area contributed by atoms with Crippen molar-refractivity contribution in [2.24, 2.45) is 0 Å². The van der Waals surface area contributed by atoms with E-state index in [1.54, 1.807) is 12.2 Å². The number of aliphatic carboxylic acids is 1. The van der Waals surface area contributed by atoms with E-state index >= 15 is 0 Å². The first-order chi connectivity index (χ1) is 8.74. The average Bonchev–Trinajstić information content (AvgIpc) is 2.20. The zero-order chi connectivity index (χ0) is 14.9. The van der Waals surface area contributed by atoms with Crippen LogP contribution in [0.1, 0.15) is 19.8 Å². The quantitative estimate of drug-likeness (QED) is 0.413. The van der Waals surface area contributed by atoms with E-state index in [2.05, 4.69) is 0 Å². The number of carbonyl (C=O) groups is 2. The average molecular weight is 270 g/mol. The first kappa shape index (κ1) is 17.4. The molecule has 108 valence electrons. The maximum Gasteiger partial charge on any atom is 0.310 e. The first-order valence-electron chi connectivity index (χ1n) is 6.24. The van der Waals surface area contributed by atoms with Crippen molar-refractivity contribution >= 4 is 11.9 Å². The predicted octanol–water partition coefficient (Wildman–Crippen LogP) is 1.60. The van der Waals surface area contributed by atoms with Crippen LogP contribution in [-0.2, 0) is 14.3 Å². The summed E-state index contributed by atoms with van der Waals surface area (Å²) in [5, 5.41) is 8.82. The van der Waals surface area contributed by atoms with Gasteiger partial charge in [-0.05, 0) is 6.92 Å². The number of nitrogens with zero attached hydrogens (tertiary/aromatic N) is 1. The summed E-state index contributed by atoms with van der Waals surface area (Å²) in [6.07, 6.45) is 6.50. The molecule has 19 heavy (non-hydrogen) atoms. The molecule has 0 fully saturated rings. The second-order valence-electron chi connectivity index (χ2n) is 5.34. The highest BCUT2D eigenvalue weighted by Gasteiger charge is 2.24. The second kappa shape index (κ2) is 8.48. The molecule has 0 saturated carbocycles. The number of carbonyl (C=O) groups excluding carboxylic acids is 1. The molecule has 0 aliphatic rings. The molecule has 5 nitrogen and oxygen atoms in total. The predicted molar refractivity (Wildman–Crippen MR) is 73.6 cm³/mol. The molecular weight excluding hydrogens is 246 g/mol. The smallest absolute Gasteiger partial charge is 0.310 e. The molecule has 5 heteroatoms. The summed E-state index contributed by atoms with van der Waals surface area (Å²) in [4.78, 5) is 22.3. The van der Waals surface area contributed by atoms with Gasteiger partial charge in [0.1, 0.15) is 6.54 Å². The summed E-state index contributed by atoms with van der Waals surface area (Å²) in [6.45, 7) is 2.35. The van der Waals surface area contributed by atoms with E-state index in [-0.39, 0.29) is 12.8 Å². The molecule has 0 aromatic carbocycles. The molecule has 1 unspecified atom stereocenters. The molecule has 0 radical (unpaired) electrons. The van der Waals surface area contributed by atoms with E-state index in [1.165, 1.54) is 0 Å². The van der Waals surface area contributed by atoms with Gasteiger partial charge in [-0.2, -0.15) is 0 Å². The first-order valence-corrected chi connectivity index (χ1v) is 6.24. The summed E-state index contributed by atoms with van der Waals surface area (Å²) in [5.74, 6) is -1.36. The molecular formula is C14H24NO4+. The molecule has 0 aromatic rings. The Kier molecular flexibility index (Phi) is 7.75. The molecule has 0 saturated heterocycles. The van der Waals surface area contributed by atoms with Crippen LogP contribution in [0.4, 0.5) is 0 Å². The number of ether oxygens (including phenoxy) is 1. The molecule has 0 aromatic heterocycles. The van der Waals surface area contributed by atoms with Crippen LogP contribution in [-0.4, -0.2) is 55.3 Å². The number of quaternary nitrogens is 1. The summed E-state index contributed by atoms with van der Waals surface area (Å²) >= 11 is 0. The molecule has 0 spiro atoms. The number of carboxylic acids is 1. The van der Waals surface area contributed by atoms with Gasteiger partial charge in [0, 0.05) is 0 Å². The minimum atomic E-state index is -0.962. The molecule has 1 N–H and O–H groups in total. The lowest BCUT2D eigenvalue weighted by molar-refractivity contribution is -0.873. The normalized spacial score (nSPS) is 13.9. The topological polar surface area (TPSA) is 63.6 Å². The number of likely N-dealkylation sites (N-methyl/N-ethyl adjacent to an activating group) is 1. The third kappa shape index (κ3) is 11.2. The number of esters is 1. The third-order valence-corrected chi connectivity index (χ3v) is 2.18. The Balaban J connectivity index is 4.38. The van der Waals surface area contributed by atoms with E-state index in [9.17, 15) is 9.59 Å². The molecule has 0 heterocycles. The van der Waals surface area contributed by atoms with E-state index in [4.69, 9.17) is 9.84 Å². The van der Waals surface area contributed by atoms with Crippen molar-refractivity contribution in [1.82, 2.24) is 0 Å². The van der Waals surface area contributed by atoms with Crippen LogP contribution in [0.5, 0.6) is 0 Å². The van der Waals surface area contributed by atoms with Crippen molar-refractivity contribution in [2.75, 3.05) is 27.7 Å². The van der Waals surface area contributed by atoms with Crippen molar-refractivity contribution < 1.29 is 23.9 Å². The number of hydrogen-bond donors (Lipinski definition) is 1. The van der Waals surface area contributed by atoms with Crippen LogP contribution >= 0.6 is 0 Å². The standard InChI is InChI=1S/C14H23NO4/c1-5-6-7-8-9-14(18)19-12(10-13(16)17)11-15(2,3)4/h5-8,12H,9-11H2,1-4H3/p+1/b6-5+,8-7+. The van der Waals surface area contributed by atoms with Crippen molar-refractivity contribution in [3.8, 4) is 0 Å². The molecule has 0 aliphatic carbocycles. The van der Waals surface area contributed by atoms with Gasteiger partial charge in [-0.1, -0.05) is 24.3 Å². The van der Waals surface area contributed by atoms with E-state index in [0.29, 0.717) is 11.0 Å². The van der Waals surface area contributed by atoms with E-state index < -0.39 is 18.0 Å². The zero-order valence-electron chi connectivity index (χ0n) is 12.1. The highest BCUT2D eigenvalue weighted by molar-refractivity contribution is 5.72. The summed E-state index contributed by atoms with van der Waals surface area (Å²) in [6, 6.07) is 0. The number of allylic oxidation sites excluding steroid dienone is 3. The highest BCUT2D eigenvalue weighted by Crippen LogP contribution is 2.06. The minimum absolute atomic E-state index is 0.150. The fourth-order valence-corrected chi connectivity index (χ4v) is 1.54. The highest BCUT2D eigenvalue weighted by atomic mass is 16.5. The maximum atomic E-state index is 11.6. The second-order valence-corrected chi connectivity index (χ2v) is 5.34. The monoisotopic (exact) mass is 270 g/mol. The number of rotatable bonds is 8. The van der Waals surface area contributed by atoms with Gasteiger partial charge in [-0.25, -0.2) is 0 Å². The Morgan fingerprint density at radius 2 is 1.89 bits per heavy atom.